The minimum absolute atomic E-state index is 0.0276. The molecule has 1 N–H and O–H groups in total. The van der Waals surface area contributed by atoms with Crippen LogP contribution in [0.5, 0.6) is 5.75 Å². The molecule has 0 aromatic heterocycles. The highest BCUT2D eigenvalue weighted by atomic mass is 127. The zero-order valence-electron chi connectivity index (χ0n) is 14.0. The Kier molecular flexibility index (Phi) is 5.13. The molecule has 1 aliphatic rings. The van der Waals surface area contributed by atoms with Gasteiger partial charge in [-0.15, -0.1) is 0 Å². The SMILES string of the molecule is CCC1(CC)CC(NC(=O)c2cccc(I)c2)c2ccccc2O1. The van der Waals surface area contributed by atoms with Crippen LogP contribution in [-0.2, 0) is 0 Å². The highest BCUT2D eigenvalue weighted by Gasteiger charge is 2.38. The van der Waals surface area contributed by atoms with E-state index < -0.39 is 0 Å². The maximum absolute atomic E-state index is 12.7. The number of carbonyl (C=O) groups excluding carboxylic acids is 1. The van der Waals surface area contributed by atoms with E-state index >= 15 is 0 Å². The van der Waals surface area contributed by atoms with Crippen LogP contribution in [0.25, 0.3) is 0 Å². The largest absolute Gasteiger partial charge is 0.487 e. The van der Waals surface area contributed by atoms with Gasteiger partial charge in [0.15, 0.2) is 0 Å². The van der Waals surface area contributed by atoms with Crippen LogP contribution in [0.3, 0.4) is 0 Å². The third-order valence-corrected chi connectivity index (χ3v) is 5.55. The van der Waals surface area contributed by atoms with E-state index in [2.05, 4.69) is 41.8 Å². The van der Waals surface area contributed by atoms with Crippen LogP contribution >= 0.6 is 22.6 Å². The molecule has 1 aliphatic heterocycles. The minimum Gasteiger partial charge on any atom is -0.487 e. The summed E-state index contributed by atoms with van der Waals surface area (Å²) in [5.74, 6) is 0.858. The Morgan fingerprint density at radius 2 is 1.96 bits per heavy atom. The summed E-state index contributed by atoms with van der Waals surface area (Å²) < 4.78 is 7.36. The van der Waals surface area contributed by atoms with Crippen LogP contribution in [0.15, 0.2) is 48.5 Å². The molecular weight excluding hydrogens is 413 g/mol. The molecule has 0 bridgehead atoms. The predicted octanol–water partition coefficient (Wildman–Crippen LogP) is 5.10. The second-order valence-corrected chi connectivity index (χ2v) is 7.52. The maximum Gasteiger partial charge on any atom is 0.251 e. The summed E-state index contributed by atoms with van der Waals surface area (Å²) >= 11 is 2.23. The lowest BCUT2D eigenvalue weighted by molar-refractivity contribution is 0.0227. The van der Waals surface area contributed by atoms with Gasteiger partial charge in [-0.3, -0.25) is 4.79 Å². The molecule has 24 heavy (non-hydrogen) atoms. The van der Waals surface area contributed by atoms with Crippen molar-refractivity contribution in [2.24, 2.45) is 0 Å². The van der Waals surface area contributed by atoms with Crippen molar-refractivity contribution in [3.8, 4) is 5.75 Å². The number of ether oxygens (including phenoxy) is 1. The quantitative estimate of drug-likeness (QED) is 0.679. The molecule has 0 aliphatic carbocycles. The van der Waals surface area contributed by atoms with Crippen LogP contribution in [0.2, 0.25) is 0 Å². The van der Waals surface area contributed by atoms with Crippen LogP contribution in [0.4, 0.5) is 0 Å². The number of amides is 1. The first-order valence-corrected chi connectivity index (χ1v) is 9.49. The molecule has 1 unspecified atom stereocenters. The Morgan fingerprint density at radius 3 is 2.67 bits per heavy atom. The molecule has 1 amide bonds. The van der Waals surface area contributed by atoms with Crippen molar-refractivity contribution >= 4 is 28.5 Å². The van der Waals surface area contributed by atoms with E-state index in [-0.39, 0.29) is 17.6 Å². The smallest absolute Gasteiger partial charge is 0.251 e. The first-order valence-electron chi connectivity index (χ1n) is 8.41. The van der Waals surface area contributed by atoms with Crippen molar-refractivity contribution < 1.29 is 9.53 Å². The summed E-state index contributed by atoms with van der Waals surface area (Å²) in [4.78, 5) is 12.7. The molecule has 1 heterocycles. The maximum atomic E-state index is 12.7. The lowest BCUT2D eigenvalue weighted by Crippen LogP contribution is -2.44. The fourth-order valence-electron chi connectivity index (χ4n) is 3.30. The van der Waals surface area contributed by atoms with E-state index in [9.17, 15) is 4.79 Å². The monoisotopic (exact) mass is 435 g/mol. The lowest BCUT2D eigenvalue weighted by atomic mass is 9.83. The number of hydrogen-bond acceptors (Lipinski definition) is 2. The molecule has 2 aromatic carbocycles. The summed E-state index contributed by atoms with van der Waals surface area (Å²) in [6.45, 7) is 4.30. The normalized spacial score (nSPS) is 18.4. The topological polar surface area (TPSA) is 38.3 Å². The Morgan fingerprint density at radius 1 is 1.21 bits per heavy atom. The second-order valence-electron chi connectivity index (χ2n) is 6.27. The fraction of sp³-hybridized carbons (Fsp3) is 0.350. The van der Waals surface area contributed by atoms with Crippen molar-refractivity contribution in [3.05, 3.63) is 63.2 Å². The van der Waals surface area contributed by atoms with Crippen molar-refractivity contribution in [3.63, 3.8) is 0 Å². The van der Waals surface area contributed by atoms with E-state index in [1.807, 2.05) is 48.5 Å². The molecular formula is C20H22INO2. The Hall–Kier alpha value is -1.56. The fourth-order valence-corrected chi connectivity index (χ4v) is 3.84. The second kappa shape index (κ2) is 7.13. The average molecular weight is 435 g/mol. The molecule has 3 nitrogen and oxygen atoms in total. The number of nitrogens with one attached hydrogen (secondary N) is 1. The summed E-state index contributed by atoms with van der Waals surface area (Å²) in [5, 5.41) is 3.22. The van der Waals surface area contributed by atoms with Gasteiger partial charge >= 0.3 is 0 Å². The van der Waals surface area contributed by atoms with Gasteiger partial charge in [0.1, 0.15) is 11.4 Å². The standard InChI is InChI=1S/C20H22INO2/c1-3-20(4-2)13-17(16-10-5-6-11-18(16)24-20)22-19(23)14-8-7-9-15(21)12-14/h5-12,17H,3-4,13H2,1-2H3,(H,22,23). The third-order valence-electron chi connectivity index (χ3n) is 4.88. The van der Waals surface area contributed by atoms with Crippen molar-refractivity contribution in [2.75, 3.05) is 0 Å². The van der Waals surface area contributed by atoms with Crippen molar-refractivity contribution in [1.29, 1.82) is 0 Å². The lowest BCUT2D eigenvalue weighted by Gasteiger charge is -2.41. The van der Waals surface area contributed by atoms with Gasteiger partial charge in [-0.25, -0.2) is 0 Å². The molecule has 0 saturated carbocycles. The van der Waals surface area contributed by atoms with Crippen molar-refractivity contribution in [2.45, 2.75) is 44.8 Å². The number of carbonyl (C=O) groups is 1. The van der Waals surface area contributed by atoms with Crippen LogP contribution in [0.1, 0.15) is 55.1 Å². The molecule has 126 valence electrons. The molecule has 0 spiro atoms. The summed E-state index contributed by atoms with van der Waals surface area (Å²) in [7, 11) is 0. The van der Waals surface area contributed by atoms with Crippen LogP contribution < -0.4 is 10.1 Å². The van der Waals surface area contributed by atoms with Gasteiger partial charge in [0.2, 0.25) is 0 Å². The Bertz CT molecular complexity index is 740. The summed E-state index contributed by atoms with van der Waals surface area (Å²) in [5.41, 5.74) is 1.55. The van der Waals surface area contributed by atoms with Gasteiger partial charge in [0.25, 0.3) is 5.91 Å². The van der Waals surface area contributed by atoms with Gasteiger partial charge in [-0.05, 0) is 59.7 Å². The summed E-state index contributed by atoms with van der Waals surface area (Å²) in [6.07, 6.45) is 2.65. The predicted molar refractivity (Wildman–Crippen MR) is 104 cm³/mol. The minimum atomic E-state index is -0.211. The van der Waals surface area contributed by atoms with Gasteiger partial charge in [0.05, 0.1) is 6.04 Å². The number of hydrogen-bond donors (Lipinski definition) is 1. The molecule has 0 saturated heterocycles. The average Bonchev–Trinajstić information content (AvgIpc) is 2.61. The Labute approximate surface area is 156 Å². The zero-order valence-corrected chi connectivity index (χ0v) is 16.2. The van der Waals surface area contributed by atoms with Crippen molar-refractivity contribution in [1.82, 2.24) is 5.32 Å². The van der Waals surface area contributed by atoms with Gasteiger partial charge in [-0.2, -0.15) is 0 Å². The summed E-state index contributed by atoms with van der Waals surface area (Å²) in [6, 6.07) is 15.7. The molecule has 3 rings (SSSR count). The Balaban J connectivity index is 1.90. The molecule has 1 atom stereocenters. The van der Waals surface area contributed by atoms with Gasteiger partial charge in [0, 0.05) is 21.1 Å². The number of halogens is 1. The third kappa shape index (κ3) is 3.43. The highest BCUT2D eigenvalue weighted by Crippen LogP contribution is 2.42. The molecule has 0 fully saturated rings. The number of para-hydroxylation sites is 1. The van der Waals surface area contributed by atoms with E-state index in [4.69, 9.17) is 4.74 Å². The van der Waals surface area contributed by atoms with E-state index in [1.165, 1.54) is 0 Å². The first kappa shape index (κ1) is 17.3. The highest BCUT2D eigenvalue weighted by molar-refractivity contribution is 14.1. The zero-order chi connectivity index (χ0) is 17.2. The number of rotatable bonds is 4. The van der Waals surface area contributed by atoms with Crippen LogP contribution in [0, 0.1) is 3.57 Å². The first-order chi connectivity index (χ1) is 11.6. The number of benzene rings is 2. The molecule has 2 aromatic rings. The molecule has 0 radical (unpaired) electrons. The number of fused-ring (bicyclic) bond motifs is 1. The molecule has 4 heteroatoms. The van der Waals surface area contributed by atoms with E-state index in [0.29, 0.717) is 5.56 Å². The van der Waals surface area contributed by atoms with Gasteiger partial charge < -0.3 is 10.1 Å². The van der Waals surface area contributed by atoms with Crippen LogP contribution in [-0.4, -0.2) is 11.5 Å². The van der Waals surface area contributed by atoms with Gasteiger partial charge in [-0.1, -0.05) is 38.1 Å². The van der Waals surface area contributed by atoms with E-state index in [1.54, 1.807) is 0 Å². The van der Waals surface area contributed by atoms with E-state index in [0.717, 1.165) is 34.1 Å².